The standard InChI is InChI=1S/C15H28N2O/c1-5-8-16-15(13(3)4)14-7-9-17(12-14)10-11-18-6-2/h7,9,12-13,15-16H,5-6,8,10-11H2,1-4H3. The fourth-order valence-corrected chi connectivity index (χ4v) is 2.13. The second-order valence-electron chi connectivity index (χ2n) is 5.06. The lowest BCUT2D eigenvalue weighted by Gasteiger charge is -2.21. The zero-order chi connectivity index (χ0) is 13.4. The van der Waals surface area contributed by atoms with Crippen molar-refractivity contribution in [2.45, 2.75) is 46.7 Å². The lowest BCUT2D eigenvalue weighted by molar-refractivity contribution is 0.139. The topological polar surface area (TPSA) is 26.2 Å². The van der Waals surface area contributed by atoms with Crippen molar-refractivity contribution in [2.24, 2.45) is 5.92 Å². The molecule has 1 unspecified atom stereocenters. The summed E-state index contributed by atoms with van der Waals surface area (Å²) < 4.78 is 7.60. The van der Waals surface area contributed by atoms with Gasteiger partial charge in [0.1, 0.15) is 0 Å². The molecule has 1 aromatic rings. The van der Waals surface area contributed by atoms with E-state index in [0.717, 1.165) is 26.3 Å². The Morgan fingerprint density at radius 3 is 2.72 bits per heavy atom. The first-order valence-corrected chi connectivity index (χ1v) is 7.15. The zero-order valence-electron chi connectivity index (χ0n) is 12.3. The second kappa shape index (κ2) is 8.33. The van der Waals surface area contributed by atoms with Gasteiger partial charge < -0.3 is 14.6 Å². The SMILES string of the molecule is CCCNC(c1ccn(CCOCC)c1)C(C)C. The van der Waals surface area contributed by atoms with Gasteiger partial charge in [-0.3, -0.25) is 0 Å². The summed E-state index contributed by atoms with van der Waals surface area (Å²) in [5, 5.41) is 3.62. The molecule has 0 saturated heterocycles. The smallest absolute Gasteiger partial charge is 0.0645 e. The van der Waals surface area contributed by atoms with Crippen LogP contribution in [0.25, 0.3) is 0 Å². The first-order valence-electron chi connectivity index (χ1n) is 7.15. The van der Waals surface area contributed by atoms with E-state index < -0.39 is 0 Å². The van der Waals surface area contributed by atoms with E-state index in [2.05, 4.69) is 49.1 Å². The Kier molecular flexibility index (Phi) is 7.06. The van der Waals surface area contributed by atoms with E-state index in [1.807, 2.05) is 6.92 Å². The Morgan fingerprint density at radius 1 is 1.33 bits per heavy atom. The van der Waals surface area contributed by atoms with Crippen LogP contribution in [0.2, 0.25) is 0 Å². The van der Waals surface area contributed by atoms with Crippen LogP contribution < -0.4 is 5.32 Å². The van der Waals surface area contributed by atoms with Crippen LogP contribution in [0.3, 0.4) is 0 Å². The quantitative estimate of drug-likeness (QED) is 0.683. The fraction of sp³-hybridized carbons (Fsp3) is 0.733. The van der Waals surface area contributed by atoms with Gasteiger partial charge in [0.25, 0.3) is 0 Å². The summed E-state index contributed by atoms with van der Waals surface area (Å²) in [7, 11) is 0. The van der Waals surface area contributed by atoms with Gasteiger partial charge in [0.2, 0.25) is 0 Å². The minimum atomic E-state index is 0.457. The highest BCUT2D eigenvalue weighted by Crippen LogP contribution is 2.21. The van der Waals surface area contributed by atoms with Crippen LogP contribution in [0.4, 0.5) is 0 Å². The molecule has 1 atom stereocenters. The molecule has 0 radical (unpaired) electrons. The van der Waals surface area contributed by atoms with Gasteiger partial charge in [-0.15, -0.1) is 0 Å². The molecule has 0 aromatic carbocycles. The first kappa shape index (κ1) is 15.3. The number of nitrogens with zero attached hydrogens (tertiary/aromatic N) is 1. The third-order valence-electron chi connectivity index (χ3n) is 3.11. The van der Waals surface area contributed by atoms with E-state index in [-0.39, 0.29) is 0 Å². The van der Waals surface area contributed by atoms with Crippen LogP contribution >= 0.6 is 0 Å². The Labute approximate surface area is 112 Å². The molecule has 3 heteroatoms. The molecule has 104 valence electrons. The maximum absolute atomic E-state index is 5.38. The molecule has 1 N–H and O–H groups in total. The molecule has 18 heavy (non-hydrogen) atoms. The van der Waals surface area contributed by atoms with E-state index in [4.69, 9.17) is 4.74 Å². The van der Waals surface area contributed by atoms with Crippen molar-refractivity contribution in [1.29, 1.82) is 0 Å². The van der Waals surface area contributed by atoms with E-state index in [1.54, 1.807) is 0 Å². The van der Waals surface area contributed by atoms with E-state index in [9.17, 15) is 0 Å². The van der Waals surface area contributed by atoms with Gasteiger partial charge in [-0.1, -0.05) is 20.8 Å². The molecule has 0 bridgehead atoms. The average Bonchev–Trinajstić information content (AvgIpc) is 2.78. The molecule has 0 aliphatic carbocycles. The van der Waals surface area contributed by atoms with Crippen molar-refractivity contribution >= 4 is 0 Å². The summed E-state index contributed by atoms with van der Waals surface area (Å²) in [4.78, 5) is 0. The van der Waals surface area contributed by atoms with Crippen molar-refractivity contribution in [3.05, 3.63) is 24.0 Å². The minimum absolute atomic E-state index is 0.457. The van der Waals surface area contributed by atoms with Crippen molar-refractivity contribution in [3.63, 3.8) is 0 Å². The van der Waals surface area contributed by atoms with Crippen molar-refractivity contribution in [2.75, 3.05) is 19.8 Å². The van der Waals surface area contributed by atoms with Crippen LogP contribution in [0.1, 0.15) is 45.7 Å². The van der Waals surface area contributed by atoms with Gasteiger partial charge in [-0.05, 0) is 37.4 Å². The maximum atomic E-state index is 5.38. The van der Waals surface area contributed by atoms with Gasteiger partial charge in [-0.25, -0.2) is 0 Å². The molecular formula is C15H28N2O. The van der Waals surface area contributed by atoms with Gasteiger partial charge in [0, 0.05) is 31.6 Å². The molecule has 0 spiro atoms. The minimum Gasteiger partial charge on any atom is -0.380 e. The summed E-state index contributed by atoms with van der Waals surface area (Å²) in [6.07, 6.45) is 5.57. The Bertz CT molecular complexity index is 320. The molecule has 0 amide bonds. The molecule has 0 aliphatic rings. The highest BCUT2D eigenvalue weighted by atomic mass is 16.5. The number of nitrogens with one attached hydrogen (secondary N) is 1. The number of hydrogen-bond acceptors (Lipinski definition) is 2. The maximum Gasteiger partial charge on any atom is 0.0645 e. The third-order valence-corrected chi connectivity index (χ3v) is 3.11. The van der Waals surface area contributed by atoms with Crippen LogP contribution in [0.5, 0.6) is 0 Å². The molecular weight excluding hydrogens is 224 g/mol. The number of rotatable bonds is 9. The van der Waals surface area contributed by atoms with Gasteiger partial charge in [0.05, 0.1) is 6.61 Å². The monoisotopic (exact) mass is 252 g/mol. The van der Waals surface area contributed by atoms with Gasteiger partial charge in [0.15, 0.2) is 0 Å². The molecule has 1 heterocycles. The van der Waals surface area contributed by atoms with E-state index in [1.165, 1.54) is 12.0 Å². The van der Waals surface area contributed by atoms with Crippen molar-refractivity contribution < 1.29 is 4.74 Å². The van der Waals surface area contributed by atoms with Gasteiger partial charge in [-0.2, -0.15) is 0 Å². The van der Waals surface area contributed by atoms with E-state index >= 15 is 0 Å². The van der Waals surface area contributed by atoms with Crippen LogP contribution in [-0.4, -0.2) is 24.3 Å². The molecule has 0 fully saturated rings. The van der Waals surface area contributed by atoms with Crippen LogP contribution in [-0.2, 0) is 11.3 Å². The summed E-state index contributed by atoms with van der Waals surface area (Å²) in [6, 6.07) is 2.68. The first-order chi connectivity index (χ1) is 8.69. The number of hydrogen-bond donors (Lipinski definition) is 1. The lowest BCUT2D eigenvalue weighted by atomic mass is 9.98. The lowest BCUT2D eigenvalue weighted by Crippen LogP contribution is -2.26. The summed E-state index contributed by atoms with van der Waals surface area (Å²) in [5.74, 6) is 0.610. The number of aromatic nitrogens is 1. The molecule has 1 rings (SSSR count). The summed E-state index contributed by atoms with van der Waals surface area (Å²) in [5.41, 5.74) is 1.38. The zero-order valence-corrected chi connectivity index (χ0v) is 12.3. The normalized spacial score (nSPS) is 13.2. The highest BCUT2D eigenvalue weighted by molar-refractivity contribution is 5.16. The molecule has 3 nitrogen and oxygen atoms in total. The summed E-state index contributed by atoms with van der Waals surface area (Å²) >= 11 is 0. The highest BCUT2D eigenvalue weighted by Gasteiger charge is 2.15. The molecule has 0 aliphatic heterocycles. The van der Waals surface area contributed by atoms with Crippen molar-refractivity contribution in [3.8, 4) is 0 Å². The average molecular weight is 252 g/mol. The van der Waals surface area contributed by atoms with Crippen LogP contribution in [0, 0.1) is 5.92 Å². The third kappa shape index (κ3) is 4.83. The fourth-order valence-electron chi connectivity index (χ4n) is 2.13. The summed E-state index contributed by atoms with van der Waals surface area (Å²) in [6.45, 7) is 12.4. The number of ether oxygens (including phenoxy) is 1. The van der Waals surface area contributed by atoms with Crippen molar-refractivity contribution in [1.82, 2.24) is 9.88 Å². The predicted molar refractivity (Wildman–Crippen MR) is 76.8 cm³/mol. The van der Waals surface area contributed by atoms with Gasteiger partial charge >= 0.3 is 0 Å². The predicted octanol–water partition coefficient (Wildman–Crippen LogP) is 3.22. The Morgan fingerprint density at radius 2 is 2.11 bits per heavy atom. The van der Waals surface area contributed by atoms with E-state index in [0.29, 0.717) is 12.0 Å². The Balaban J connectivity index is 2.57. The molecule has 0 saturated carbocycles. The van der Waals surface area contributed by atoms with Crippen LogP contribution in [0.15, 0.2) is 18.5 Å². The molecule has 1 aromatic heterocycles. The largest absolute Gasteiger partial charge is 0.380 e. The second-order valence-corrected chi connectivity index (χ2v) is 5.06. The Hall–Kier alpha value is -0.800.